The van der Waals surface area contributed by atoms with Crippen LogP contribution in [-0.2, 0) is 0 Å². The first-order chi connectivity index (χ1) is 7.66. The van der Waals surface area contributed by atoms with Crippen LogP contribution in [0.3, 0.4) is 0 Å². The molecule has 0 aromatic heterocycles. The highest BCUT2D eigenvalue weighted by Gasteiger charge is 2.15. The highest BCUT2D eigenvalue weighted by atomic mass is 35.5. The summed E-state index contributed by atoms with van der Waals surface area (Å²) in [5, 5.41) is 2.44. The standard InChI is InChI=1S/C11H14F2N2O.ClH/c12-8-4-3-5-9(13)10(8)11(16)15-7-2-1-6-14;/h3-5H,1-2,6-7,14H2,(H,15,16);1H. The second-order valence-corrected chi connectivity index (χ2v) is 3.35. The van der Waals surface area contributed by atoms with E-state index < -0.39 is 23.1 Å². The predicted octanol–water partition coefficient (Wildman–Crippen LogP) is 1.86. The van der Waals surface area contributed by atoms with E-state index in [1.54, 1.807) is 0 Å². The molecule has 0 atom stereocenters. The van der Waals surface area contributed by atoms with Gasteiger partial charge in [-0.25, -0.2) is 8.78 Å². The molecule has 0 unspecified atom stereocenters. The Kier molecular flexibility index (Phi) is 7.41. The zero-order chi connectivity index (χ0) is 12.0. The number of benzene rings is 1. The smallest absolute Gasteiger partial charge is 0.257 e. The van der Waals surface area contributed by atoms with Gasteiger partial charge in [0.1, 0.15) is 17.2 Å². The fraction of sp³-hybridized carbons (Fsp3) is 0.364. The monoisotopic (exact) mass is 264 g/mol. The lowest BCUT2D eigenvalue weighted by Crippen LogP contribution is -2.26. The average molecular weight is 265 g/mol. The predicted molar refractivity (Wildman–Crippen MR) is 64.2 cm³/mol. The van der Waals surface area contributed by atoms with Crippen molar-refractivity contribution in [2.45, 2.75) is 12.8 Å². The molecule has 0 fully saturated rings. The Bertz CT molecular complexity index is 354. The number of carbonyl (C=O) groups excluding carboxylic acids is 1. The van der Waals surface area contributed by atoms with E-state index in [0.29, 0.717) is 19.5 Å². The fourth-order valence-electron chi connectivity index (χ4n) is 1.27. The highest BCUT2D eigenvalue weighted by Crippen LogP contribution is 2.11. The number of unbranched alkanes of at least 4 members (excludes halogenated alkanes) is 1. The maximum Gasteiger partial charge on any atom is 0.257 e. The third kappa shape index (κ3) is 4.66. The molecule has 0 aliphatic rings. The molecule has 1 amide bonds. The van der Waals surface area contributed by atoms with Crippen molar-refractivity contribution in [3.05, 3.63) is 35.4 Å². The molecule has 96 valence electrons. The minimum absolute atomic E-state index is 0. The molecule has 0 bridgehead atoms. The molecule has 1 aromatic rings. The highest BCUT2D eigenvalue weighted by molar-refractivity contribution is 5.94. The Labute approximate surface area is 105 Å². The lowest BCUT2D eigenvalue weighted by atomic mass is 10.2. The summed E-state index contributed by atoms with van der Waals surface area (Å²) in [6.45, 7) is 0.897. The van der Waals surface area contributed by atoms with E-state index in [9.17, 15) is 13.6 Å². The number of amides is 1. The van der Waals surface area contributed by atoms with Crippen LogP contribution in [0.5, 0.6) is 0 Å². The number of nitrogens with one attached hydrogen (secondary N) is 1. The molecule has 0 aliphatic heterocycles. The summed E-state index contributed by atoms with van der Waals surface area (Å²) in [6.07, 6.45) is 1.46. The Morgan fingerprint density at radius 2 is 1.82 bits per heavy atom. The number of rotatable bonds is 5. The summed E-state index contributed by atoms with van der Waals surface area (Å²) in [5.74, 6) is -2.43. The molecule has 0 heterocycles. The van der Waals surface area contributed by atoms with Gasteiger partial charge >= 0.3 is 0 Å². The first-order valence-corrected chi connectivity index (χ1v) is 5.09. The van der Waals surface area contributed by atoms with Crippen LogP contribution in [0.1, 0.15) is 23.2 Å². The summed E-state index contributed by atoms with van der Waals surface area (Å²) >= 11 is 0. The van der Waals surface area contributed by atoms with Crippen LogP contribution in [0.25, 0.3) is 0 Å². The fourth-order valence-corrected chi connectivity index (χ4v) is 1.27. The summed E-state index contributed by atoms with van der Waals surface area (Å²) in [6, 6.07) is 3.33. The molecule has 0 radical (unpaired) electrons. The molecular formula is C11H15ClF2N2O. The van der Waals surface area contributed by atoms with Gasteiger partial charge in [0.05, 0.1) is 0 Å². The van der Waals surface area contributed by atoms with E-state index in [1.807, 2.05) is 0 Å². The third-order valence-electron chi connectivity index (χ3n) is 2.11. The lowest BCUT2D eigenvalue weighted by molar-refractivity contribution is 0.0944. The molecule has 3 nitrogen and oxygen atoms in total. The number of halogens is 3. The second kappa shape index (κ2) is 7.97. The quantitative estimate of drug-likeness (QED) is 0.798. The maximum absolute atomic E-state index is 13.2. The number of hydrogen-bond acceptors (Lipinski definition) is 2. The van der Waals surface area contributed by atoms with Crippen molar-refractivity contribution in [2.24, 2.45) is 5.73 Å². The largest absolute Gasteiger partial charge is 0.352 e. The molecule has 17 heavy (non-hydrogen) atoms. The minimum atomic E-state index is -0.851. The molecule has 6 heteroatoms. The Morgan fingerprint density at radius 1 is 1.24 bits per heavy atom. The van der Waals surface area contributed by atoms with Crippen LogP contribution in [-0.4, -0.2) is 19.0 Å². The van der Waals surface area contributed by atoms with E-state index in [2.05, 4.69) is 5.32 Å². The first kappa shape index (κ1) is 15.8. The van der Waals surface area contributed by atoms with Gasteiger partial charge in [-0.1, -0.05) is 6.07 Å². The SMILES string of the molecule is Cl.NCCCCNC(=O)c1c(F)cccc1F. The molecule has 1 rings (SSSR count). The van der Waals surface area contributed by atoms with Crippen LogP contribution >= 0.6 is 12.4 Å². The van der Waals surface area contributed by atoms with Crippen LogP contribution in [0.15, 0.2) is 18.2 Å². The van der Waals surface area contributed by atoms with E-state index in [4.69, 9.17) is 5.73 Å². The number of hydrogen-bond donors (Lipinski definition) is 2. The zero-order valence-corrected chi connectivity index (χ0v) is 10.0. The van der Waals surface area contributed by atoms with Gasteiger partial charge in [0, 0.05) is 6.54 Å². The summed E-state index contributed by atoms with van der Waals surface area (Å²) in [7, 11) is 0. The average Bonchev–Trinajstić information content (AvgIpc) is 2.24. The van der Waals surface area contributed by atoms with Crippen molar-refractivity contribution < 1.29 is 13.6 Å². The zero-order valence-electron chi connectivity index (χ0n) is 9.21. The maximum atomic E-state index is 13.2. The van der Waals surface area contributed by atoms with Gasteiger partial charge in [0.25, 0.3) is 5.91 Å². The van der Waals surface area contributed by atoms with Gasteiger partial charge in [-0.15, -0.1) is 12.4 Å². The Balaban J connectivity index is 0.00000256. The van der Waals surface area contributed by atoms with E-state index in [-0.39, 0.29) is 12.4 Å². The summed E-state index contributed by atoms with van der Waals surface area (Å²) in [5.41, 5.74) is 4.74. The molecule has 0 saturated heterocycles. The first-order valence-electron chi connectivity index (χ1n) is 5.09. The van der Waals surface area contributed by atoms with E-state index in [0.717, 1.165) is 18.6 Å². The molecule has 0 spiro atoms. The summed E-state index contributed by atoms with van der Waals surface area (Å²) < 4.78 is 26.3. The third-order valence-corrected chi connectivity index (χ3v) is 2.11. The van der Waals surface area contributed by atoms with Crippen molar-refractivity contribution in [1.82, 2.24) is 5.32 Å². The van der Waals surface area contributed by atoms with Gasteiger partial charge in [-0.2, -0.15) is 0 Å². The van der Waals surface area contributed by atoms with Gasteiger partial charge < -0.3 is 11.1 Å². The lowest BCUT2D eigenvalue weighted by Gasteiger charge is -2.06. The number of nitrogens with two attached hydrogens (primary N) is 1. The molecule has 3 N–H and O–H groups in total. The molecule has 0 saturated carbocycles. The molecule has 0 aliphatic carbocycles. The topological polar surface area (TPSA) is 55.1 Å². The second-order valence-electron chi connectivity index (χ2n) is 3.35. The van der Waals surface area contributed by atoms with Gasteiger partial charge in [0.2, 0.25) is 0 Å². The molecule has 1 aromatic carbocycles. The van der Waals surface area contributed by atoms with Crippen molar-refractivity contribution >= 4 is 18.3 Å². The van der Waals surface area contributed by atoms with E-state index >= 15 is 0 Å². The summed E-state index contributed by atoms with van der Waals surface area (Å²) in [4.78, 5) is 11.4. The van der Waals surface area contributed by atoms with Crippen LogP contribution in [0.4, 0.5) is 8.78 Å². The van der Waals surface area contributed by atoms with Gasteiger partial charge in [-0.05, 0) is 31.5 Å². The van der Waals surface area contributed by atoms with Gasteiger partial charge in [0.15, 0.2) is 0 Å². The van der Waals surface area contributed by atoms with Crippen LogP contribution < -0.4 is 11.1 Å². The van der Waals surface area contributed by atoms with Crippen molar-refractivity contribution in [3.8, 4) is 0 Å². The van der Waals surface area contributed by atoms with Crippen LogP contribution in [0, 0.1) is 11.6 Å². The Morgan fingerprint density at radius 3 is 2.35 bits per heavy atom. The van der Waals surface area contributed by atoms with Gasteiger partial charge in [-0.3, -0.25) is 4.79 Å². The van der Waals surface area contributed by atoms with Crippen LogP contribution in [0.2, 0.25) is 0 Å². The van der Waals surface area contributed by atoms with Crippen molar-refractivity contribution in [2.75, 3.05) is 13.1 Å². The minimum Gasteiger partial charge on any atom is -0.352 e. The van der Waals surface area contributed by atoms with E-state index in [1.165, 1.54) is 6.07 Å². The Hall–Kier alpha value is -1.20. The van der Waals surface area contributed by atoms with Crippen molar-refractivity contribution in [1.29, 1.82) is 0 Å². The van der Waals surface area contributed by atoms with Crippen molar-refractivity contribution in [3.63, 3.8) is 0 Å². The normalized spacial score (nSPS) is 9.59. The number of carbonyl (C=O) groups is 1. The molecular weight excluding hydrogens is 250 g/mol.